The van der Waals surface area contributed by atoms with Gasteiger partial charge in [-0.1, -0.05) is 43.6 Å². The normalized spacial score (nSPS) is 11.3. The number of halogens is 3. The summed E-state index contributed by atoms with van der Waals surface area (Å²) in [5.41, 5.74) is 2.21. The fourth-order valence-electron chi connectivity index (χ4n) is 3.67. The first-order valence-corrected chi connectivity index (χ1v) is 11.2. The highest BCUT2D eigenvalue weighted by Crippen LogP contribution is 2.22. The number of nitrogens with zero attached hydrogens (tertiary/aromatic N) is 4. The van der Waals surface area contributed by atoms with Gasteiger partial charge in [-0.25, -0.2) is 9.37 Å². The molecule has 4 rings (SSSR count). The lowest BCUT2D eigenvalue weighted by Gasteiger charge is -2.17. The molecule has 0 atom stereocenters. The van der Waals surface area contributed by atoms with E-state index >= 15 is 0 Å². The first kappa shape index (κ1) is 25.6. The van der Waals surface area contributed by atoms with Crippen molar-refractivity contribution < 1.29 is 4.39 Å². The Morgan fingerprint density at radius 3 is 2.50 bits per heavy atom. The summed E-state index contributed by atoms with van der Waals surface area (Å²) in [4.78, 5) is 25.0. The van der Waals surface area contributed by atoms with Gasteiger partial charge in [0.2, 0.25) is 0 Å². The number of hydrogen-bond acceptors (Lipinski definition) is 4. The second-order valence-electron chi connectivity index (χ2n) is 7.57. The highest BCUT2D eigenvalue weighted by Gasteiger charge is 2.14. The van der Waals surface area contributed by atoms with Crippen molar-refractivity contribution in [3.8, 4) is 5.69 Å². The lowest BCUT2D eigenvalue weighted by Crippen LogP contribution is -2.23. The van der Waals surface area contributed by atoms with Crippen LogP contribution in [0, 0.1) is 5.82 Å². The zero-order valence-corrected chi connectivity index (χ0v) is 20.5. The molecule has 0 bridgehead atoms. The molecule has 0 spiro atoms. The van der Waals surface area contributed by atoms with Gasteiger partial charge in [0.15, 0.2) is 0 Å². The van der Waals surface area contributed by atoms with E-state index in [0.717, 1.165) is 31.0 Å². The third-order valence-corrected chi connectivity index (χ3v) is 5.78. The third-order valence-electron chi connectivity index (χ3n) is 5.46. The average molecular weight is 499 g/mol. The highest BCUT2D eigenvalue weighted by molar-refractivity contribution is 6.32. The molecule has 0 fully saturated rings. The van der Waals surface area contributed by atoms with Gasteiger partial charge in [-0.3, -0.25) is 19.2 Å². The molecule has 0 unspecified atom stereocenters. The van der Waals surface area contributed by atoms with Crippen LogP contribution in [0.4, 0.5) is 4.39 Å². The summed E-state index contributed by atoms with van der Waals surface area (Å²) in [7, 11) is 0. The number of hydrogen-bond donors (Lipinski definition) is 0. The predicted octanol–water partition coefficient (Wildman–Crippen LogP) is 6.01. The van der Waals surface area contributed by atoms with E-state index in [0.29, 0.717) is 22.1 Å². The lowest BCUT2D eigenvalue weighted by atomic mass is 10.2. The fourth-order valence-corrected chi connectivity index (χ4v) is 3.89. The number of rotatable bonds is 7. The van der Waals surface area contributed by atoms with Gasteiger partial charge in [0.05, 0.1) is 33.0 Å². The van der Waals surface area contributed by atoms with E-state index in [9.17, 15) is 9.18 Å². The van der Waals surface area contributed by atoms with Crippen LogP contribution in [0.5, 0.6) is 0 Å². The van der Waals surface area contributed by atoms with Gasteiger partial charge in [0.1, 0.15) is 11.6 Å². The van der Waals surface area contributed by atoms with Gasteiger partial charge in [0, 0.05) is 6.54 Å². The zero-order valence-electron chi connectivity index (χ0n) is 18.9. The predicted molar refractivity (Wildman–Crippen MR) is 139 cm³/mol. The Morgan fingerprint density at radius 2 is 1.76 bits per heavy atom. The summed E-state index contributed by atoms with van der Waals surface area (Å²) >= 11 is 6.40. The topological polar surface area (TPSA) is 51.0 Å². The molecule has 0 saturated carbocycles. The second-order valence-corrected chi connectivity index (χ2v) is 7.98. The summed E-state index contributed by atoms with van der Waals surface area (Å²) < 4.78 is 15.3. The van der Waals surface area contributed by atoms with Crippen LogP contribution in [0.3, 0.4) is 0 Å². The Hall–Kier alpha value is -3.06. The summed E-state index contributed by atoms with van der Waals surface area (Å²) in [5.74, 6) is -0.118. The molecule has 176 valence electrons. The van der Waals surface area contributed by atoms with Crippen LogP contribution in [0.25, 0.3) is 28.7 Å². The van der Waals surface area contributed by atoms with E-state index in [4.69, 9.17) is 16.6 Å². The highest BCUT2D eigenvalue weighted by atomic mass is 35.5. The van der Waals surface area contributed by atoms with Crippen molar-refractivity contribution in [2.75, 3.05) is 13.1 Å². The van der Waals surface area contributed by atoms with Crippen LogP contribution in [-0.2, 0) is 6.54 Å². The molecular weight excluding hydrogens is 474 g/mol. The number of aromatic nitrogens is 3. The van der Waals surface area contributed by atoms with E-state index in [1.165, 1.54) is 22.8 Å². The maximum absolute atomic E-state index is 13.9. The smallest absolute Gasteiger partial charge is 0.266 e. The summed E-state index contributed by atoms with van der Waals surface area (Å²) in [5, 5.41) is 0.581. The Balaban J connectivity index is 0.00000324. The van der Waals surface area contributed by atoms with Crippen LogP contribution in [-0.4, -0.2) is 32.5 Å². The monoisotopic (exact) mass is 498 g/mol. The van der Waals surface area contributed by atoms with Crippen molar-refractivity contribution in [2.24, 2.45) is 0 Å². The van der Waals surface area contributed by atoms with Crippen molar-refractivity contribution in [2.45, 2.75) is 20.4 Å². The number of benzene rings is 2. The first-order valence-electron chi connectivity index (χ1n) is 10.8. The van der Waals surface area contributed by atoms with Crippen molar-refractivity contribution in [1.82, 2.24) is 19.4 Å². The van der Waals surface area contributed by atoms with Gasteiger partial charge in [-0.05, 0) is 67.7 Å². The summed E-state index contributed by atoms with van der Waals surface area (Å²) in [6.45, 7) is 6.91. The number of para-hydroxylation sites is 1. The molecule has 34 heavy (non-hydrogen) atoms. The fraction of sp³-hybridized carbons (Fsp3) is 0.192. The molecule has 0 amide bonds. The Labute approximate surface area is 209 Å². The van der Waals surface area contributed by atoms with E-state index in [1.54, 1.807) is 30.3 Å². The van der Waals surface area contributed by atoms with Crippen LogP contribution >= 0.6 is 24.0 Å². The molecular formula is C26H25Cl2FN4O. The van der Waals surface area contributed by atoms with Crippen molar-refractivity contribution >= 4 is 47.1 Å². The van der Waals surface area contributed by atoms with Crippen LogP contribution in [0.2, 0.25) is 5.02 Å². The number of fused-ring (bicyclic) bond motifs is 1. The Bertz CT molecular complexity index is 1380. The zero-order chi connectivity index (χ0) is 23.4. The molecule has 5 nitrogen and oxygen atoms in total. The van der Waals surface area contributed by atoms with E-state index in [1.807, 2.05) is 24.3 Å². The van der Waals surface area contributed by atoms with Gasteiger partial charge in [-0.2, -0.15) is 0 Å². The lowest BCUT2D eigenvalue weighted by molar-refractivity contribution is 0.292. The van der Waals surface area contributed by atoms with Crippen LogP contribution < -0.4 is 5.56 Å². The van der Waals surface area contributed by atoms with E-state index in [-0.39, 0.29) is 17.8 Å². The van der Waals surface area contributed by atoms with Gasteiger partial charge in [0.25, 0.3) is 5.56 Å². The molecule has 0 aliphatic heterocycles. The maximum atomic E-state index is 13.9. The van der Waals surface area contributed by atoms with Crippen molar-refractivity contribution in [3.63, 3.8) is 0 Å². The minimum absolute atomic E-state index is 0. The molecule has 0 saturated heterocycles. The molecule has 4 aromatic rings. The molecule has 2 aromatic carbocycles. The molecule has 8 heteroatoms. The van der Waals surface area contributed by atoms with Gasteiger partial charge >= 0.3 is 0 Å². The van der Waals surface area contributed by atoms with Crippen molar-refractivity contribution in [1.29, 1.82) is 0 Å². The maximum Gasteiger partial charge on any atom is 0.266 e. The molecule has 0 aliphatic carbocycles. The molecule has 0 radical (unpaired) electrons. The van der Waals surface area contributed by atoms with Gasteiger partial charge in [-0.15, -0.1) is 12.4 Å². The molecule has 2 aromatic heterocycles. The molecule has 2 heterocycles. The summed E-state index contributed by atoms with van der Waals surface area (Å²) in [6.07, 6.45) is 3.55. The van der Waals surface area contributed by atoms with E-state index < -0.39 is 11.4 Å². The molecule has 0 aliphatic rings. The Morgan fingerprint density at radius 1 is 1.00 bits per heavy atom. The van der Waals surface area contributed by atoms with Crippen LogP contribution in [0.15, 0.2) is 65.5 Å². The quantitative estimate of drug-likeness (QED) is 0.313. The minimum Gasteiger partial charge on any atom is -0.298 e. The standard InChI is InChI=1S/C26H24ClFN4O.ClH/c1-3-31(4-2)17-20-9-7-8-19(29-20)13-15-25-30-23-14-12-18(28)16-21(23)26(33)32(25)24-11-6-5-10-22(24)27;/h5-16H,3-4,17H2,1-2H3;1H. The first-order chi connectivity index (χ1) is 16.0. The van der Waals surface area contributed by atoms with E-state index in [2.05, 4.69) is 23.7 Å². The number of pyridine rings is 1. The van der Waals surface area contributed by atoms with Crippen molar-refractivity contribution in [3.05, 3.63) is 99.1 Å². The minimum atomic E-state index is -0.496. The second kappa shape index (κ2) is 11.4. The average Bonchev–Trinajstić information content (AvgIpc) is 2.83. The largest absolute Gasteiger partial charge is 0.298 e. The summed E-state index contributed by atoms with van der Waals surface area (Å²) in [6, 6.07) is 16.9. The van der Waals surface area contributed by atoms with Crippen LogP contribution in [0.1, 0.15) is 31.1 Å². The SMILES string of the molecule is CCN(CC)Cc1cccc(C=Cc2nc3ccc(F)cc3c(=O)n2-c2ccccc2Cl)n1.Cl. The Kier molecular flexibility index (Phi) is 8.56. The third kappa shape index (κ3) is 5.53. The van der Waals surface area contributed by atoms with Gasteiger partial charge < -0.3 is 0 Å². The molecule has 0 N–H and O–H groups in total.